The Morgan fingerprint density at radius 1 is 0.830 bits per heavy atom. The molecule has 242 valence electrons. The Morgan fingerprint density at radius 2 is 1.36 bits per heavy atom. The van der Waals surface area contributed by atoms with E-state index in [1.165, 1.54) is 0 Å². The molecule has 0 radical (unpaired) electrons. The number of aryl methyl sites for hydroxylation is 2. The molecule has 5 aromatic rings. The van der Waals surface area contributed by atoms with Crippen molar-refractivity contribution in [1.82, 2.24) is 35.1 Å². The van der Waals surface area contributed by atoms with E-state index < -0.39 is 0 Å². The highest BCUT2D eigenvalue weighted by Crippen LogP contribution is 2.42. The first kappa shape index (κ1) is 32.4. The molecule has 12 heteroatoms. The minimum absolute atomic E-state index is 0.0858. The summed E-state index contributed by atoms with van der Waals surface area (Å²) in [6.07, 6.45) is 4.78. The molecule has 0 bridgehead atoms. The van der Waals surface area contributed by atoms with Gasteiger partial charge in [0.1, 0.15) is 11.4 Å². The summed E-state index contributed by atoms with van der Waals surface area (Å²) in [5.41, 5.74) is 7.65. The number of rotatable bonds is 11. The summed E-state index contributed by atoms with van der Waals surface area (Å²) in [5.74, 6) is 0.917. The lowest BCUT2D eigenvalue weighted by Gasteiger charge is -2.16. The number of amides is 1. The highest BCUT2D eigenvalue weighted by Gasteiger charge is 2.22. The van der Waals surface area contributed by atoms with Gasteiger partial charge in [-0.15, -0.1) is 0 Å². The number of halogens is 2. The lowest BCUT2D eigenvalue weighted by Crippen LogP contribution is -2.35. The van der Waals surface area contributed by atoms with Crippen LogP contribution in [-0.4, -0.2) is 57.2 Å². The number of aromatic nitrogens is 5. The van der Waals surface area contributed by atoms with Crippen LogP contribution in [0.4, 0.5) is 0 Å². The van der Waals surface area contributed by atoms with E-state index in [1.807, 2.05) is 36.4 Å². The van der Waals surface area contributed by atoms with E-state index in [2.05, 4.69) is 46.2 Å². The summed E-state index contributed by atoms with van der Waals surface area (Å²) in [7, 11) is 3.15. The fraction of sp³-hybridized carbons (Fsp3) is 0.286. The average molecular weight is 673 g/mol. The molecule has 10 nitrogen and oxygen atoms in total. The van der Waals surface area contributed by atoms with Gasteiger partial charge < -0.3 is 24.7 Å². The van der Waals surface area contributed by atoms with Crippen LogP contribution in [0.1, 0.15) is 35.6 Å². The third-order valence-corrected chi connectivity index (χ3v) is 9.16. The van der Waals surface area contributed by atoms with Crippen LogP contribution in [0.25, 0.3) is 33.6 Å². The molecule has 1 saturated heterocycles. The maximum Gasteiger partial charge on any atom is 0.237 e. The normalized spacial score (nSPS) is 14.3. The molecule has 3 aromatic heterocycles. The van der Waals surface area contributed by atoms with E-state index >= 15 is 0 Å². The molecule has 0 spiro atoms. The van der Waals surface area contributed by atoms with Gasteiger partial charge in [-0.25, -0.2) is 9.97 Å². The Balaban J connectivity index is 1.27. The third kappa shape index (κ3) is 6.81. The first-order valence-electron chi connectivity index (χ1n) is 15.3. The molecule has 1 aliphatic rings. The minimum Gasteiger partial charge on any atom is -0.480 e. The first-order chi connectivity index (χ1) is 22.8. The summed E-state index contributed by atoms with van der Waals surface area (Å²) < 4.78 is 13.4. The predicted molar refractivity (Wildman–Crippen MR) is 183 cm³/mol. The number of methoxy groups -OCH3 is 2. The average Bonchev–Trinajstić information content (AvgIpc) is 3.64. The molecule has 2 N–H and O–H groups in total. The maximum absolute atomic E-state index is 11.5. The second-order valence-corrected chi connectivity index (χ2v) is 12.1. The molecule has 0 aliphatic carbocycles. The molecule has 6 rings (SSSR count). The number of hydrogen-bond donors (Lipinski definition) is 2. The Hall–Kier alpha value is -4.51. The van der Waals surface area contributed by atoms with E-state index in [4.69, 9.17) is 47.6 Å². The smallest absolute Gasteiger partial charge is 0.237 e. The molecule has 1 aliphatic heterocycles. The molecular weight excluding hydrogens is 637 g/mol. The Labute approximate surface area is 283 Å². The largest absolute Gasteiger partial charge is 0.480 e. The van der Waals surface area contributed by atoms with E-state index in [9.17, 15) is 4.79 Å². The second kappa shape index (κ2) is 14.1. The van der Waals surface area contributed by atoms with Crippen molar-refractivity contribution in [2.45, 2.75) is 45.8 Å². The van der Waals surface area contributed by atoms with Crippen molar-refractivity contribution in [3.05, 3.63) is 93.7 Å². The van der Waals surface area contributed by atoms with Crippen molar-refractivity contribution in [2.75, 3.05) is 20.8 Å². The molecule has 1 amide bonds. The first-order valence-corrected chi connectivity index (χ1v) is 16.0. The number of ether oxygens (including phenoxy) is 2. The van der Waals surface area contributed by atoms with Crippen molar-refractivity contribution >= 4 is 29.1 Å². The number of nitrogens with one attached hydrogen (secondary N) is 2. The Morgan fingerprint density at radius 3 is 1.89 bits per heavy atom. The third-order valence-electron chi connectivity index (χ3n) is 8.34. The van der Waals surface area contributed by atoms with Gasteiger partial charge in [0.2, 0.25) is 17.7 Å². The SMILES string of the molecule is COc1nc(-c2cccc(-c3cccc(-c4cnc(Cn5c(C)ccc5C)c(OC)n4)c3Cl)c2Cl)cnc1CNC[C@@H]1CCC(=O)N1. The highest BCUT2D eigenvalue weighted by atomic mass is 35.5. The fourth-order valence-corrected chi connectivity index (χ4v) is 6.43. The van der Waals surface area contributed by atoms with Gasteiger partial charge in [0.05, 0.1) is 54.6 Å². The summed E-state index contributed by atoms with van der Waals surface area (Å²) >= 11 is 14.1. The van der Waals surface area contributed by atoms with Crippen LogP contribution >= 0.6 is 23.2 Å². The van der Waals surface area contributed by atoms with Gasteiger partial charge in [-0.3, -0.25) is 14.8 Å². The van der Waals surface area contributed by atoms with Crippen LogP contribution in [0.5, 0.6) is 11.8 Å². The van der Waals surface area contributed by atoms with Gasteiger partial charge in [0, 0.05) is 59.2 Å². The minimum atomic E-state index is 0.0858. The van der Waals surface area contributed by atoms with Crippen LogP contribution < -0.4 is 20.1 Å². The summed E-state index contributed by atoms with van der Waals surface area (Å²) in [6, 6.07) is 15.7. The Kier molecular flexibility index (Phi) is 9.72. The van der Waals surface area contributed by atoms with Crippen molar-refractivity contribution in [3.63, 3.8) is 0 Å². The molecule has 0 saturated carbocycles. The molecule has 4 heterocycles. The standard InChI is InChI=1S/C35H35Cl2N7O3/c1-20-11-12-21(2)44(20)19-30-35(47-4)43-28(18-40-30)26-10-6-8-24(33(26)37)23-7-5-9-25(32(23)36)27-17-39-29(34(42-27)46-3)16-38-15-22-13-14-31(45)41-22/h5-12,17-18,22,38H,13-16,19H2,1-4H3,(H,41,45)/t22-/m0/s1. The molecule has 2 aromatic carbocycles. The quantitative estimate of drug-likeness (QED) is 0.165. The summed E-state index contributed by atoms with van der Waals surface area (Å²) in [6.45, 7) is 5.75. The van der Waals surface area contributed by atoms with Crippen molar-refractivity contribution < 1.29 is 14.3 Å². The van der Waals surface area contributed by atoms with Crippen LogP contribution in [-0.2, 0) is 17.9 Å². The molecule has 1 atom stereocenters. The Bertz CT molecular complexity index is 1930. The van der Waals surface area contributed by atoms with Gasteiger partial charge in [0.15, 0.2) is 0 Å². The number of benzene rings is 2. The second-order valence-electron chi connectivity index (χ2n) is 11.4. The van der Waals surface area contributed by atoms with Crippen LogP contribution in [0.3, 0.4) is 0 Å². The zero-order valence-electron chi connectivity index (χ0n) is 26.6. The zero-order chi connectivity index (χ0) is 33.1. The van der Waals surface area contributed by atoms with E-state index in [0.29, 0.717) is 76.1 Å². The lowest BCUT2D eigenvalue weighted by atomic mass is 9.98. The van der Waals surface area contributed by atoms with Crippen molar-refractivity contribution in [3.8, 4) is 45.4 Å². The highest BCUT2D eigenvalue weighted by molar-refractivity contribution is 6.39. The zero-order valence-corrected chi connectivity index (χ0v) is 28.1. The lowest BCUT2D eigenvalue weighted by molar-refractivity contribution is -0.119. The topological polar surface area (TPSA) is 116 Å². The number of carbonyl (C=O) groups is 1. The van der Waals surface area contributed by atoms with E-state index in [0.717, 1.165) is 34.6 Å². The van der Waals surface area contributed by atoms with Crippen molar-refractivity contribution in [1.29, 1.82) is 0 Å². The number of nitrogens with zero attached hydrogens (tertiary/aromatic N) is 5. The van der Waals surface area contributed by atoms with E-state index in [-0.39, 0.29) is 11.9 Å². The number of carbonyl (C=O) groups excluding carboxylic acids is 1. The van der Waals surface area contributed by atoms with Gasteiger partial charge in [-0.2, -0.15) is 0 Å². The summed E-state index contributed by atoms with van der Waals surface area (Å²) in [5, 5.41) is 7.24. The van der Waals surface area contributed by atoms with Gasteiger partial charge in [0.25, 0.3) is 0 Å². The van der Waals surface area contributed by atoms with Gasteiger partial charge in [-0.1, -0.05) is 59.6 Å². The fourth-order valence-electron chi connectivity index (χ4n) is 5.78. The summed E-state index contributed by atoms with van der Waals surface area (Å²) in [4.78, 5) is 30.3. The van der Waals surface area contributed by atoms with Gasteiger partial charge >= 0.3 is 0 Å². The van der Waals surface area contributed by atoms with E-state index in [1.54, 1.807) is 26.6 Å². The van der Waals surface area contributed by atoms with Gasteiger partial charge in [-0.05, 0) is 32.4 Å². The molecule has 1 fully saturated rings. The van der Waals surface area contributed by atoms with Crippen LogP contribution in [0.15, 0.2) is 60.9 Å². The van der Waals surface area contributed by atoms with Crippen molar-refractivity contribution in [2.24, 2.45) is 0 Å². The molecular formula is C35H35Cl2N7O3. The van der Waals surface area contributed by atoms with Crippen LogP contribution in [0.2, 0.25) is 10.0 Å². The maximum atomic E-state index is 11.5. The monoisotopic (exact) mass is 671 g/mol. The number of hydrogen-bond acceptors (Lipinski definition) is 8. The molecule has 47 heavy (non-hydrogen) atoms. The molecule has 0 unspecified atom stereocenters. The predicted octanol–water partition coefficient (Wildman–Crippen LogP) is 6.43. The van der Waals surface area contributed by atoms with Crippen LogP contribution in [0, 0.1) is 13.8 Å².